The molecule has 0 aromatic heterocycles. The highest BCUT2D eigenvalue weighted by Gasteiger charge is 2.13. The molecular weight excluding hydrogens is 296 g/mol. The Kier molecular flexibility index (Phi) is 5.25. The lowest BCUT2D eigenvalue weighted by molar-refractivity contribution is -0.133. The zero-order chi connectivity index (χ0) is 16.8. The number of methoxy groups -OCH3 is 3. The molecule has 0 fully saturated rings. The highest BCUT2D eigenvalue weighted by Crippen LogP contribution is 2.29. The first-order valence-electron chi connectivity index (χ1n) is 6.90. The van der Waals surface area contributed by atoms with E-state index in [1.54, 1.807) is 49.6 Å². The number of aromatic hydroxyl groups is 1. The number of ether oxygens (including phenoxy) is 3. The van der Waals surface area contributed by atoms with Crippen molar-refractivity contribution in [3.8, 4) is 17.2 Å². The van der Waals surface area contributed by atoms with Gasteiger partial charge >= 0.3 is 5.97 Å². The molecule has 2 aromatic carbocycles. The standard InChI is InChI=1S/C18H18O5/c1-21-14-7-5-13(6-8-14)15(18(20)23-3)10-12-4-9-16(19)17(11-12)22-2/h4-11,19H,1-3H3/b15-10+. The fourth-order valence-electron chi connectivity index (χ4n) is 2.09. The minimum absolute atomic E-state index is 0.0358. The first-order chi connectivity index (χ1) is 11.1. The van der Waals surface area contributed by atoms with Gasteiger partial charge in [0, 0.05) is 0 Å². The maximum atomic E-state index is 12.1. The number of carbonyl (C=O) groups is 1. The minimum Gasteiger partial charge on any atom is -0.504 e. The molecule has 23 heavy (non-hydrogen) atoms. The second kappa shape index (κ2) is 7.35. The molecular formula is C18H18O5. The Labute approximate surface area is 134 Å². The zero-order valence-electron chi connectivity index (χ0n) is 13.2. The number of hydrogen-bond acceptors (Lipinski definition) is 5. The van der Waals surface area contributed by atoms with Crippen LogP contribution in [-0.4, -0.2) is 32.4 Å². The number of carbonyl (C=O) groups excluding carboxylic acids is 1. The van der Waals surface area contributed by atoms with Crippen molar-refractivity contribution in [3.63, 3.8) is 0 Å². The third-order valence-electron chi connectivity index (χ3n) is 3.32. The van der Waals surface area contributed by atoms with Crippen molar-refractivity contribution in [1.82, 2.24) is 0 Å². The summed E-state index contributed by atoms with van der Waals surface area (Å²) in [5.41, 5.74) is 1.79. The SMILES string of the molecule is COC(=O)/C(=C/c1ccc(O)c(OC)c1)c1ccc(OC)cc1. The van der Waals surface area contributed by atoms with Crippen molar-refractivity contribution in [2.45, 2.75) is 0 Å². The summed E-state index contributed by atoms with van der Waals surface area (Å²) in [6.45, 7) is 0. The topological polar surface area (TPSA) is 65.0 Å². The maximum absolute atomic E-state index is 12.1. The number of phenols is 1. The van der Waals surface area contributed by atoms with Crippen LogP contribution in [0.15, 0.2) is 42.5 Å². The minimum atomic E-state index is -0.456. The van der Waals surface area contributed by atoms with Crippen molar-refractivity contribution in [2.24, 2.45) is 0 Å². The Morgan fingerprint density at radius 1 is 1.00 bits per heavy atom. The third-order valence-corrected chi connectivity index (χ3v) is 3.32. The molecule has 0 aliphatic carbocycles. The predicted octanol–water partition coefficient (Wildman–Crippen LogP) is 3.12. The van der Waals surface area contributed by atoms with E-state index in [9.17, 15) is 9.90 Å². The molecule has 2 rings (SSSR count). The van der Waals surface area contributed by atoms with Crippen molar-refractivity contribution < 1.29 is 24.1 Å². The number of phenolic OH excluding ortho intramolecular Hbond substituents is 1. The average Bonchev–Trinajstić information content (AvgIpc) is 2.60. The third kappa shape index (κ3) is 3.83. The lowest BCUT2D eigenvalue weighted by Crippen LogP contribution is -2.04. The van der Waals surface area contributed by atoms with Crippen molar-refractivity contribution in [2.75, 3.05) is 21.3 Å². The smallest absolute Gasteiger partial charge is 0.338 e. The molecule has 0 unspecified atom stereocenters. The molecule has 0 bridgehead atoms. The van der Waals surface area contributed by atoms with Gasteiger partial charge in [0.2, 0.25) is 0 Å². The van der Waals surface area contributed by atoms with Crippen LogP contribution in [0.2, 0.25) is 0 Å². The maximum Gasteiger partial charge on any atom is 0.338 e. The van der Waals surface area contributed by atoms with Crippen LogP contribution in [0.5, 0.6) is 17.2 Å². The first kappa shape index (κ1) is 16.4. The number of rotatable bonds is 5. The Balaban J connectivity index is 2.47. The van der Waals surface area contributed by atoms with Gasteiger partial charge in [-0.05, 0) is 41.5 Å². The van der Waals surface area contributed by atoms with Gasteiger partial charge in [-0.1, -0.05) is 18.2 Å². The Morgan fingerprint density at radius 2 is 1.70 bits per heavy atom. The van der Waals surface area contributed by atoms with Gasteiger partial charge in [-0.15, -0.1) is 0 Å². The molecule has 0 atom stereocenters. The molecule has 5 heteroatoms. The molecule has 120 valence electrons. The predicted molar refractivity (Wildman–Crippen MR) is 87.5 cm³/mol. The summed E-state index contributed by atoms with van der Waals surface area (Å²) >= 11 is 0. The van der Waals surface area contributed by atoms with Gasteiger partial charge < -0.3 is 19.3 Å². The summed E-state index contributed by atoms with van der Waals surface area (Å²) in [7, 11) is 4.37. The van der Waals surface area contributed by atoms with Crippen LogP contribution in [0, 0.1) is 0 Å². The molecule has 0 heterocycles. The van der Waals surface area contributed by atoms with Crippen molar-refractivity contribution >= 4 is 17.6 Å². The van der Waals surface area contributed by atoms with Crippen LogP contribution >= 0.6 is 0 Å². The van der Waals surface area contributed by atoms with Gasteiger partial charge in [0.1, 0.15) is 5.75 Å². The van der Waals surface area contributed by atoms with Crippen LogP contribution in [0.25, 0.3) is 11.6 Å². The molecule has 0 aliphatic heterocycles. The quantitative estimate of drug-likeness (QED) is 0.522. The fraction of sp³-hybridized carbons (Fsp3) is 0.167. The van der Waals surface area contributed by atoms with E-state index in [0.29, 0.717) is 28.2 Å². The Morgan fingerprint density at radius 3 is 2.26 bits per heavy atom. The van der Waals surface area contributed by atoms with E-state index in [1.165, 1.54) is 20.3 Å². The van der Waals surface area contributed by atoms with E-state index in [1.807, 2.05) is 0 Å². The molecule has 0 saturated heterocycles. The first-order valence-corrected chi connectivity index (χ1v) is 6.90. The highest BCUT2D eigenvalue weighted by molar-refractivity contribution is 6.21. The summed E-state index contributed by atoms with van der Waals surface area (Å²) < 4.78 is 15.1. The van der Waals surface area contributed by atoms with Gasteiger partial charge in [-0.25, -0.2) is 4.79 Å². The van der Waals surface area contributed by atoms with Crippen molar-refractivity contribution in [3.05, 3.63) is 53.6 Å². The molecule has 1 N–H and O–H groups in total. The number of esters is 1. The normalized spacial score (nSPS) is 11.0. The van der Waals surface area contributed by atoms with E-state index >= 15 is 0 Å². The molecule has 0 amide bonds. The lowest BCUT2D eigenvalue weighted by Gasteiger charge is -2.08. The van der Waals surface area contributed by atoms with Gasteiger partial charge in [-0.3, -0.25) is 0 Å². The number of hydrogen-bond donors (Lipinski definition) is 1. The monoisotopic (exact) mass is 314 g/mol. The van der Waals surface area contributed by atoms with E-state index in [0.717, 1.165) is 0 Å². The molecule has 2 aromatic rings. The van der Waals surface area contributed by atoms with Crippen LogP contribution in [0.1, 0.15) is 11.1 Å². The summed E-state index contributed by atoms with van der Waals surface area (Å²) in [4.78, 5) is 12.1. The zero-order valence-corrected chi connectivity index (χ0v) is 13.2. The highest BCUT2D eigenvalue weighted by atomic mass is 16.5. The summed E-state index contributed by atoms with van der Waals surface area (Å²) in [5, 5.41) is 9.65. The molecule has 0 saturated carbocycles. The summed E-state index contributed by atoms with van der Waals surface area (Å²) in [6, 6.07) is 11.9. The van der Waals surface area contributed by atoms with Gasteiger partial charge in [-0.2, -0.15) is 0 Å². The van der Waals surface area contributed by atoms with E-state index in [4.69, 9.17) is 14.2 Å². The van der Waals surface area contributed by atoms with Gasteiger partial charge in [0.25, 0.3) is 0 Å². The van der Waals surface area contributed by atoms with Crippen LogP contribution < -0.4 is 9.47 Å². The Hall–Kier alpha value is -2.95. The fourth-order valence-corrected chi connectivity index (χ4v) is 2.09. The number of benzene rings is 2. The van der Waals surface area contributed by atoms with Gasteiger partial charge in [0.05, 0.1) is 26.9 Å². The average molecular weight is 314 g/mol. The summed E-state index contributed by atoms with van der Waals surface area (Å²) in [6.07, 6.45) is 1.68. The van der Waals surface area contributed by atoms with Gasteiger partial charge in [0.15, 0.2) is 11.5 Å². The second-order valence-electron chi connectivity index (χ2n) is 4.71. The van der Waals surface area contributed by atoms with E-state index in [2.05, 4.69) is 0 Å². The van der Waals surface area contributed by atoms with Crippen LogP contribution in [0.3, 0.4) is 0 Å². The molecule has 0 spiro atoms. The van der Waals surface area contributed by atoms with Crippen molar-refractivity contribution in [1.29, 1.82) is 0 Å². The summed E-state index contributed by atoms with van der Waals surface area (Å²) in [5.74, 6) is 0.609. The van der Waals surface area contributed by atoms with E-state index < -0.39 is 5.97 Å². The molecule has 5 nitrogen and oxygen atoms in total. The Bertz CT molecular complexity index is 717. The van der Waals surface area contributed by atoms with Crippen LogP contribution in [0.4, 0.5) is 0 Å². The largest absolute Gasteiger partial charge is 0.504 e. The van der Waals surface area contributed by atoms with Crippen LogP contribution in [-0.2, 0) is 9.53 Å². The second-order valence-corrected chi connectivity index (χ2v) is 4.71. The molecule has 0 radical (unpaired) electrons. The van der Waals surface area contributed by atoms with E-state index in [-0.39, 0.29) is 5.75 Å². The lowest BCUT2D eigenvalue weighted by atomic mass is 10.0. The molecule has 0 aliphatic rings.